The first-order valence-corrected chi connectivity index (χ1v) is 8.46. The van der Waals surface area contributed by atoms with Crippen LogP contribution < -0.4 is 10.5 Å². The summed E-state index contributed by atoms with van der Waals surface area (Å²) in [4.78, 5) is 0.0746. The second-order valence-electron chi connectivity index (χ2n) is 4.97. The molecule has 0 heterocycles. The van der Waals surface area contributed by atoms with Gasteiger partial charge in [-0.2, -0.15) is 0 Å². The van der Waals surface area contributed by atoms with Gasteiger partial charge < -0.3 is 5.73 Å². The Labute approximate surface area is 123 Å². The predicted molar refractivity (Wildman–Crippen MR) is 81.7 cm³/mol. The Balaban J connectivity index is 2.18. The molecule has 1 aliphatic carbocycles. The van der Waals surface area contributed by atoms with Gasteiger partial charge in [0.1, 0.15) is 10.8 Å². The maximum atomic E-state index is 13.9. The summed E-state index contributed by atoms with van der Waals surface area (Å²) in [5.74, 6) is -0.672. The number of thiocarbonyl (C=S) groups is 1. The van der Waals surface area contributed by atoms with Crippen LogP contribution in [0.15, 0.2) is 18.2 Å². The number of halogens is 1. The van der Waals surface area contributed by atoms with Crippen molar-refractivity contribution in [3.63, 3.8) is 0 Å². The Morgan fingerprint density at radius 1 is 1.30 bits per heavy atom. The average Bonchev–Trinajstić information content (AvgIpc) is 2.41. The lowest BCUT2D eigenvalue weighted by Crippen LogP contribution is -2.30. The minimum atomic E-state index is -3.55. The normalized spacial score (nSPS) is 16.9. The number of hydrogen-bond acceptors (Lipinski definition) is 3. The van der Waals surface area contributed by atoms with Gasteiger partial charge in [0.05, 0.1) is 10.9 Å². The largest absolute Gasteiger partial charge is 0.389 e. The van der Waals surface area contributed by atoms with Crippen molar-refractivity contribution in [2.75, 3.05) is 4.72 Å². The van der Waals surface area contributed by atoms with E-state index in [9.17, 15) is 12.8 Å². The molecule has 20 heavy (non-hydrogen) atoms. The highest BCUT2D eigenvalue weighted by Crippen LogP contribution is 2.26. The van der Waals surface area contributed by atoms with E-state index in [1.54, 1.807) is 0 Å². The van der Waals surface area contributed by atoms with E-state index in [0.29, 0.717) is 18.4 Å². The van der Waals surface area contributed by atoms with E-state index < -0.39 is 21.1 Å². The Bertz CT molecular complexity index is 611. The lowest BCUT2D eigenvalue weighted by atomic mass is 10.0. The van der Waals surface area contributed by atoms with Crippen molar-refractivity contribution in [2.24, 2.45) is 5.73 Å². The molecule has 0 spiro atoms. The minimum Gasteiger partial charge on any atom is -0.389 e. The molecule has 0 saturated heterocycles. The quantitative estimate of drug-likeness (QED) is 0.837. The standard InChI is InChI=1S/C13H17FN2O2S2/c14-11-8-9(13(15)19)6-7-12(11)16-20(17,18)10-4-2-1-3-5-10/h6-8,10,16H,1-5H2,(H2,15,19). The highest BCUT2D eigenvalue weighted by molar-refractivity contribution is 7.93. The molecule has 0 aromatic heterocycles. The SMILES string of the molecule is NC(=S)c1ccc(NS(=O)(=O)C2CCCCC2)c(F)c1. The third kappa shape index (κ3) is 3.46. The number of hydrogen-bond donors (Lipinski definition) is 2. The molecule has 7 heteroatoms. The Morgan fingerprint density at radius 3 is 2.50 bits per heavy atom. The molecule has 0 aliphatic heterocycles. The summed E-state index contributed by atoms with van der Waals surface area (Å²) in [6, 6.07) is 4.00. The fraction of sp³-hybridized carbons (Fsp3) is 0.462. The fourth-order valence-electron chi connectivity index (χ4n) is 2.36. The first-order chi connectivity index (χ1) is 9.40. The monoisotopic (exact) mass is 316 g/mol. The summed E-state index contributed by atoms with van der Waals surface area (Å²) in [7, 11) is -3.55. The van der Waals surface area contributed by atoms with Crippen LogP contribution in [0.2, 0.25) is 0 Å². The molecule has 1 fully saturated rings. The first-order valence-electron chi connectivity index (χ1n) is 6.51. The Kier molecular flexibility index (Phi) is 4.59. The van der Waals surface area contributed by atoms with Crippen molar-refractivity contribution >= 4 is 32.9 Å². The number of nitrogens with one attached hydrogen (secondary N) is 1. The van der Waals surface area contributed by atoms with Crippen molar-refractivity contribution in [3.05, 3.63) is 29.6 Å². The molecule has 0 radical (unpaired) electrons. The highest BCUT2D eigenvalue weighted by atomic mass is 32.2. The summed E-state index contributed by atoms with van der Waals surface area (Å²) in [6.45, 7) is 0. The zero-order valence-corrected chi connectivity index (χ0v) is 12.6. The third-order valence-electron chi connectivity index (χ3n) is 3.50. The van der Waals surface area contributed by atoms with Crippen LogP contribution in [-0.4, -0.2) is 18.7 Å². The second-order valence-corrected chi connectivity index (χ2v) is 7.37. The molecule has 0 bridgehead atoms. The van der Waals surface area contributed by atoms with Gasteiger partial charge in [0.2, 0.25) is 10.0 Å². The Hall–Kier alpha value is -1.21. The van der Waals surface area contributed by atoms with Crippen LogP contribution in [-0.2, 0) is 10.0 Å². The predicted octanol–water partition coefficient (Wildman–Crippen LogP) is 2.53. The van der Waals surface area contributed by atoms with Gasteiger partial charge in [-0.25, -0.2) is 12.8 Å². The summed E-state index contributed by atoms with van der Waals surface area (Å²) in [5, 5.41) is -0.439. The van der Waals surface area contributed by atoms with E-state index in [1.807, 2.05) is 0 Å². The molecule has 0 unspecified atom stereocenters. The molecule has 0 atom stereocenters. The zero-order valence-electron chi connectivity index (χ0n) is 10.9. The van der Waals surface area contributed by atoms with Gasteiger partial charge in [-0.3, -0.25) is 4.72 Å². The smallest absolute Gasteiger partial charge is 0.235 e. The molecular weight excluding hydrogens is 299 g/mol. The van der Waals surface area contributed by atoms with E-state index in [0.717, 1.165) is 25.3 Å². The summed E-state index contributed by atoms with van der Waals surface area (Å²) in [5.41, 5.74) is 5.72. The molecule has 1 aromatic rings. The van der Waals surface area contributed by atoms with Gasteiger partial charge in [-0.1, -0.05) is 31.5 Å². The van der Waals surface area contributed by atoms with E-state index in [4.69, 9.17) is 18.0 Å². The molecule has 1 aromatic carbocycles. The second kappa shape index (κ2) is 6.05. The van der Waals surface area contributed by atoms with E-state index in [1.165, 1.54) is 12.1 Å². The summed E-state index contributed by atoms with van der Waals surface area (Å²) in [6.07, 6.45) is 4.11. The molecule has 1 saturated carbocycles. The van der Waals surface area contributed by atoms with Crippen molar-refractivity contribution < 1.29 is 12.8 Å². The van der Waals surface area contributed by atoms with Crippen LogP contribution in [0.5, 0.6) is 0 Å². The van der Waals surface area contributed by atoms with Crippen LogP contribution in [0.3, 0.4) is 0 Å². The molecule has 3 N–H and O–H groups in total. The zero-order chi connectivity index (χ0) is 14.8. The highest BCUT2D eigenvalue weighted by Gasteiger charge is 2.27. The van der Waals surface area contributed by atoms with Crippen molar-refractivity contribution in [3.8, 4) is 0 Å². The van der Waals surface area contributed by atoms with Crippen molar-refractivity contribution in [1.82, 2.24) is 0 Å². The van der Waals surface area contributed by atoms with Crippen LogP contribution in [0.1, 0.15) is 37.7 Å². The van der Waals surface area contributed by atoms with Crippen molar-refractivity contribution in [1.29, 1.82) is 0 Å². The van der Waals surface area contributed by atoms with E-state index >= 15 is 0 Å². The molecule has 4 nitrogen and oxygen atoms in total. The molecule has 0 amide bonds. The minimum absolute atomic E-state index is 0.0597. The van der Waals surface area contributed by atoms with Gasteiger partial charge in [-0.15, -0.1) is 0 Å². The topological polar surface area (TPSA) is 72.2 Å². The third-order valence-corrected chi connectivity index (χ3v) is 5.59. The van der Waals surface area contributed by atoms with Gasteiger partial charge in [0.25, 0.3) is 0 Å². The van der Waals surface area contributed by atoms with Crippen molar-refractivity contribution in [2.45, 2.75) is 37.4 Å². The lowest BCUT2D eigenvalue weighted by Gasteiger charge is -2.22. The number of anilines is 1. The summed E-state index contributed by atoms with van der Waals surface area (Å²) < 4.78 is 40.6. The molecule has 2 rings (SSSR count). The van der Waals surface area contributed by atoms with Gasteiger partial charge >= 0.3 is 0 Å². The van der Waals surface area contributed by atoms with E-state index in [-0.39, 0.29) is 10.7 Å². The van der Waals surface area contributed by atoms with Crippen LogP contribution in [0.25, 0.3) is 0 Å². The van der Waals surface area contributed by atoms with Gasteiger partial charge in [0.15, 0.2) is 0 Å². The average molecular weight is 316 g/mol. The van der Waals surface area contributed by atoms with Crippen LogP contribution in [0, 0.1) is 5.82 Å². The maximum Gasteiger partial charge on any atom is 0.235 e. The molecule has 110 valence electrons. The summed E-state index contributed by atoms with van der Waals surface area (Å²) >= 11 is 4.75. The first kappa shape index (κ1) is 15.2. The lowest BCUT2D eigenvalue weighted by molar-refractivity contribution is 0.486. The van der Waals surface area contributed by atoms with Gasteiger partial charge in [0, 0.05) is 5.56 Å². The van der Waals surface area contributed by atoms with E-state index in [2.05, 4.69) is 4.72 Å². The molecule has 1 aliphatic rings. The van der Waals surface area contributed by atoms with Crippen LogP contribution in [0.4, 0.5) is 10.1 Å². The number of benzene rings is 1. The Morgan fingerprint density at radius 2 is 1.95 bits per heavy atom. The number of sulfonamides is 1. The fourth-order valence-corrected chi connectivity index (χ4v) is 4.08. The molecular formula is C13H17FN2O2S2. The van der Waals surface area contributed by atoms with Gasteiger partial charge in [-0.05, 0) is 31.0 Å². The van der Waals surface area contributed by atoms with Crippen LogP contribution >= 0.6 is 12.2 Å². The number of nitrogens with two attached hydrogens (primary N) is 1. The maximum absolute atomic E-state index is 13.9. The number of rotatable bonds is 4.